The molecule has 0 fully saturated rings. The summed E-state index contributed by atoms with van der Waals surface area (Å²) >= 11 is 0. The van der Waals surface area contributed by atoms with Gasteiger partial charge in [0.25, 0.3) is 5.91 Å². The van der Waals surface area contributed by atoms with Crippen LogP contribution in [0.1, 0.15) is 20.7 Å². The number of aromatic nitrogens is 2. The molecule has 136 valence electrons. The zero-order valence-electron chi connectivity index (χ0n) is 14.5. The van der Waals surface area contributed by atoms with Crippen LogP contribution in [0.5, 0.6) is 0 Å². The molecule has 5 N–H and O–H groups in total. The molecular formula is C19H18N5O3+. The van der Waals surface area contributed by atoms with Gasteiger partial charge in [-0.3, -0.25) is 10.1 Å². The zero-order chi connectivity index (χ0) is 19.2. The Labute approximate surface area is 155 Å². The monoisotopic (exact) mass is 364 g/mol. The number of carboxylic acid groups (broad SMARTS) is 1. The average Bonchev–Trinajstić information content (AvgIpc) is 2.69. The number of quaternary nitrogens is 1. The lowest BCUT2D eigenvalue weighted by Crippen LogP contribution is -2.72. The standard InChI is InChI=1S/C19H17N5O3/c1-20-17(25)15-11-21-19(23-14-9-7-12(8-10-14)18(26)27)24-16(15)22-13-5-3-2-4-6-13/h2-11H,1H3,(H,20,25)(H,26,27)(H2,21,22,23,24)/p+1. The van der Waals surface area contributed by atoms with Crippen molar-refractivity contribution in [2.24, 2.45) is 0 Å². The van der Waals surface area contributed by atoms with E-state index < -0.39 is 5.97 Å². The highest BCUT2D eigenvalue weighted by Gasteiger charge is 2.18. The minimum Gasteiger partial charge on any atom is -0.478 e. The Morgan fingerprint density at radius 2 is 1.74 bits per heavy atom. The van der Waals surface area contributed by atoms with E-state index in [9.17, 15) is 9.59 Å². The molecule has 0 atom stereocenters. The molecule has 0 aliphatic rings. The summed E-state index contributed by atoms with van der Waals surface area (Å²) in [6.07, 6.45) is 1.45. The van der Waals surface area contributed by atoms with E-state index in [2.05, 4.69) is 20.6 Å². The summed E-state index contributed by atoms with van der Waals surface area (Å²) in [4.78, 5) is 31.7. The molecule has 3 aromatic rings. The highest BCUT2D eigenvalue weighted by Crippen LogP contribution is 2.17. The van der Waals surface area contributed by atoms with Gasteiger partial charge in [0.1, 0.15) is 11.3 Å². The van der Waals surface area contributed by atoms with Crippen molar-refractivity contribution in [3.63, 3.8) is 0 Å². The van der Waals surface area contributed by atoms with Crippen molar-refractivity contribution in [2.45, 2.75) is 0 Å². The maximum absolute atomic E-state index is 12.1. The first-order valence-electron chi connectivity index (χ1n) is 8.16. The topological polar surface area (TPSA) is 121 Å². The van der Waals surface area contributed by atoms with Gasteiger partial charge in [0.15, 0.2) is 0 Å². The predicted octanol–water partition coefficient (Wildman–Crippen LogP) is 1.80. The maximum Gasteiger partial charge on any atom is 0.335 e. The van der Waals surface area contributed by atoms with Gasteiger partial charge in [-0.1, -0.05) is 18.2 Å². The number of rotatable bonds is 6. The Balaban J connectivity index is 1.88. The van der Waals surface area contributed by atoms with E-state index >= 15 is 0 Å². The maximum atomic E-state index is 12.1. The van der Waals surface area contributed by atoms with Gasteiger partial charge in [-0.05, 0) is 36.4 Å². The molecule has 0 saturated carbocycles. The van der Waals surface area contributed by atoms with E-state index in [0.29, 0.717) is 23.0 Å². The normalized spacial score (nSPS) is 10.3. The second-order valence-electron chi connectivity index (χ2n) is 5.63. The number of hydrogen-bond donors (Lipinski definition) is 4. The Bertz CT molecular complexity index is 959. The number of anilines is 2. The van der Waals surface area contributed by atoms with Crippen LogP contribution in [0.2, 0.25) is 0 Å². The van der Waals surface area contributed by atoms with Gasteiger partial charge in [-0.15, -0.1) is 0 Å². The lowest BCUT2D eigenvalue weighted by Gasteiger charge is -2.09. The lowest BCUT2D eigenvalue weighted by atomic mass is 10.2. The summed E-state index contributed by atoms with van der Waals surface area (Å²) < 4.78 is 0. The lowest BCUT2D eigenvalue weighted by molar-refractivity contribution is -0.483. The molecular weight excluding hydrogens is 346 g/mol. The fourth-order valence-electron chi connectivity index (χ4n) is 2.41. The molecule has 0 saturated heterocycles. The van der Waals surface area contributed by atoms with Crippen molar-refractivity contribution in [1.82, 2.24) is 15.3 Å². The van der Waals surface area contributed by atoms with E-state index in [1.165, 1.54) is 18.3 Å². The zero-order valence-corrected chi connectivity index (χ0v) is 14.5. The molecule has 0 spiro atoms. The molecule has 1 aromatic heterocycles. The number of benzene rings is 2. The molecule has 0 radical (unpaired) electrons. The van der Waals surface area contributed by atoms with Crippen molar-refractivity contribution < 1.29 is 20.0 Å². The number of carboxylic acids is 1. The number of aromatic carboxylic acids is 1. The molecule has 1 heterocycles. The molecule has 8 heteroatoms. The predicted molar refractivity (Wildman–Crippen MR) is 99.8 cm³/mol. The summed E-state index contributed by atoms with van der Waals surface area (Å²) in [5, 5.41) is 16.3. The van der Waals surface area contributed by atoms with Crippen LogP contribution in [0.3, 0.4) is 0 Å². The third-order valence-electron chi connectivity index (χ3n) is 3.78. The van der Waals surface area contributed by atoms with Crippen LogP contribution >= 0.6 is 0 Å². The third kappa shape index (κ3) is 4.44. The largest absolute Gasteiger partial charge is 0.478 e. The Hall–Kier alpha value is -3.78. The van der Waals surface area contributed by atoms with E-state index in [4.69, 9.17) is 5.11 Å². The first kappa shape index (κ1) is 18.0. The molecule has 27 heavy (non-hydrogen) atoms. The summed E-state index contributed by atoms with van der Waals surface area (Å²) in [7, 11) is 1.55. The highest BCUT2D eigenvalue weighted by molar-refractivity contribution is 5.97. The molecule has 8 nitrogen and oxygen atoms in total. The van der Waals surface area contributed by atoms with Crippen LogP contribution in [0.25, 0.3) is 0 Å². The first-order valence-corrected chi connectivity index (χ1v) is 8.16. The number of amides is 1. The fraction of sp³-hybridized carbons (Fsp3) is 0.0526. The SMILES string of the molecule is CNC(=O)c1cnc(Nc2ccc(C(=O)O)cc2)nc1[NH2+]c1ccccc1. The smallest absolute Gasteiger partial charge is 0.335 e. The quantitative estimate of drug-likeness (QED) is 0.495. The molecule has 0 aliphatic heterocycles. The van der Waals surface area contributed by atoms with Crippen molar-refractivity contribution in [3.05, 3.63) is 71.9 Å². The summed E-state index contributed by atoms with van der Waals surface area (Å²) in [5.74, 6) is -0.505. The Kier molecular flexibility index (Phi) is 5.38. The summed E-state index contributed by atoms with van der Waals surface area (Å²) in [5.41, 5.74) is 2.08. The van der Waals surface area contributed by atoms with E-state index in [-0.39, 0.29) is 11.5 Å². The number of carbonyl (C=O) groups excluding carboxylic acids is 1. The second-order valence-corrected chi connectivity index (χ2v) is 5.63. The molecule has 2 aromatic carbocycles. The Morgan fingerprint density at radius 3 is 2.37 bits per heavy atom. The molecule has 1 amide bonds. The average molecular weight is 364 g/mol. The molecule has 3 rings (SSSR count). The van der Waals surface area contributed by atoms with Crippen molar-refractivity contribution in [3.8, 4) is 0 Å². The van der Waals surface area contributed by atoms with Crippen LogP contribution in [0, 0.1) is 0 Å². The van der Waals surface area contributed by atoms with Gasteiger partial charge in [-0.2, -0.15) is 4.98 Å². The Morgan fingerprint density at radius 1 is 1.04 bits per heavy atom. The van der Waals surface area contributed by atoms with Gasteiger partial charge >= 0.3 is 5.97 Å². The van der Waals surface area contributed by atoms with Gasteiger partial charge in [0.05, 0.1) is 11.8 Å². The molecule has 0 unspecified atom stereocenters. The van der Waals surface area contributed by atoms with Crippen LogP contribution in [-0.4, -0.2) is 34.0 Å². The van der Waals surface area contributed by atoms with E-state index in [1.54, 1.807) is 24.5 Å². The second kappa shape index (κ2) is 8.07. The first-order chi connectivity index (χ1) is 13.1. The van der Waals surface area contributed by atoms with Crippen LogP contribution in [0.4, 0.5) is 23.1 Å². The number of hydrogen-bond acceptors (Lipinski definition) is 5. The van der Waals surface area contributed by atoms with Gasteiger partial charge in [0, 0.05) is 12.7 Å². The number of carbonyl (C=O) groups is 2. The number of para-hydroxylation sites is 1. The third-order valence-corrected chi connectivity index (χ3v) is 3.78. The van der Waals surface area contributed by atoms with Crippen molar-refractivity contribution in [2.75, 3.05) is 12.4 Å². The van der Waals surface area contributed by atoms with Crippen LogP contribution < -0.4 is 16.0 Å². The number of nitrogens with one attached hydrogen (secondary N) is 2. The van der Waals surface area contributed by atoms with Gasteiger partial charge in [-0.25, -0.2) is 9.78 Å². The fourth-order valence-corrected chi connectivity index (χ4v) is 2.41. The van der Waals surface area contributed by atoms with Crippen LogP contribution in [0.15, 0.2) is 60.8 Å². The van der Waals surface area contributed by atoms with Crippen molar-refractivity contribution in [1.29, 1.82) is 0 Å². The van der Waals surface area contributed by atoms with E-state index in [1.807, 2.05) is 30.3 Å². The molecule has 0 bridgehead atoms. The van der Waals surface area contributed by atoms with Gasteiger partial charge < -0.3 is 15.7 Å². The number of nitrogens with zero attached hydrogens (tertiary/aromatic N) is 2. The van der Waals surface area contributed by atoms with Crippen molar-refractivity contribution >= 4 is 35.0 Å². The van der Waals surface area contributed by atoms with Gasteiger partial charge in [0.2, 0.25) is 11.8 Å². The number of nitrogens with two attached hydrogens (primary N) is 1. The summed E-state index contributed by atoms with van der Waals surface area (Å²) in [6.45, 7) is 0. The minimum absolute atomic E-state index is 0.189. The summed E-state index contributed by atoms with van der Waals surface area (Å²) in [6, 6.07) is 15.7. The molecule has 0 aliphatic carbocycles. The highest BCUT2D eigenvalue weighted by atomic mass is 16.4. The van der Waals surface area contributed by atoms with E-state index in [0.717, 1.165) is 5.69 Å². The minimum atomic E-state index is -0.993. The van der Waals surface area contributed by atoms with Crippen LogP contribution in [-0.2, 0) is 0 Å².